The molecule has 3 rings (SSSR count). The first-order valence-corrected chi connectivity index (χ1v) is 9.42. The molecule has 2 aromatic rings. The van der Waals surface area contributed by atoms with Crippen LogP contribution in [0.5, 0.6) is 0 Å². The van der Waals surface area contributed by atoms with E-state index in [4.69, 9.17) is 4.74 Å². The Bertz CT molecular complexity index is 951. The molecule has 2 aromatic carbocycles. The van der Waals surface area contributed by atoms with Crippen LogP contribution in [0.2, 0.25) is 0 Å². The first-order chi connectivity index (χ1) is 13.5. The normalized spacial score (nSPS) is 14.5. The van der Waals surface area contributed by atoms with Crippen molar-refractivity contribution >= 4 is 23.4 Å². The van der Waals surface area contributed by atoms with Crippen LogP contribution in [-0.2, 0) is 9.53 Å². The highest BCUT2D eigenvalue weighted by molar-refractivity contribution is 6.10. The van der Waals surface area contributed by atoms with Gasteiger partial charge in [0.2, 0.25) is 0 Å². The molecule has 1 N–H and O–H groups in total. The number of ether oxygens (including phenoxy) is 1. The number of nitrogens with one attached hydrogen (secondary N) is 1. The van der Waals surface area contributed by atoms with Crippen molar-refractivity contribution < 1.29 is 9.53 Å². The molecule has 1 aliphatic heterocycles. The van der Waals surface area contributed by atoms with Crippen LogP contribution in [0.1, 0.15) is 22.3 Å². The van der Waals surface area contributed by atoms with Crippen molar-refractivity contribution in [1.29, 1.82) is 5.26 Å². The van der Waals surface area contributed by atoms with E-state index < -0.39 is 5.91 Å². The average molecular weight is 375 g/mol. The minimum Gasteiger partial charge on any atom is -0.378 e. The first kappa shape index (κ1) is 19.7. The number of rotatable bonds is 4. The predicted molar refractivity (Wildman–Crippen MR) is 112 cm³/mol. The number of carbonyl (C=O) groups is 1. The molecule has 5 nitrogen and oxygen atoms in total. The van der Waals surface area contributed by atoms with Crippen LogP contribution in [0.15, 0.2) is 42.0 Å². The Hall–Kier alpha value is -3.10. The summed E-state index contributed by atoms with van der Waals surface area (Å²) in [6.45, 7) is 9.15. The average Bonchev–Trinajstić information content (AvgIpc) is 2.71. The van der Waals surface area contributed by atoms with Gasteiger partial charge < -0.3 is 15.0 Å². The predicted octanol–water partition coefficient (Wildman–Crippen LogP) is 3.99. The number of hydrogen-bond donors (Lipinski definition) is 1. The largest absolute Gasteiger partial charge is 0.378 e. The number of amides is 1. The lowest BCUT2D eigenvalue weighted by Crippen LogP contribution is -2.36. The molecule has 144 valence electrons. The molecule has 1 fully saturated rings. The molecule has 0 radical (unpaired) electrons. The second-order valence-electron chi connectivity index (χ2n) is 7.01. The SMILES string of the molecule is Cc1cc(N2CCOCC2)ccc1/C=C(/C#N)C(=O)Nc1cccc(C)c1C. The monoisotopic (exact) mass is 375 g/mol. The van der Waals surface area contributed by atoms with Gasteiger partial charge in [-0.25, -0.2) is 0 Å². The number of nitriles is 1. The Kier molecular flexibility index (Phi) is 6.13. The molecular weight excluding hydrogens is 350 g/mol. The van der Waals surface area contributed by atoms with Crippen LogP contribution >= 0.6 is 0 Å². The van der Waals surface area contributed by atoms with E-state index in [1.165, 1.54) is 0 Å². The molecule has 0 spiro atoms. The van der Waals surface area contributed by atoms with Crippen LogP contribution in [0.25, 0.3) is 6.08 Å². The summed E-state index contributed by atoms with van der Waals surface area (Å²) in [5.41, 5.74) is 5.93. The second kappa shape index (κ2) is 8.73. The number of anilines is 2. The molecule has 0 aliphatic carbocycles. The highest BCUT2D eigenvalue weighted by atomic mass is 16.5. The Labute approximate surface area is 166 Å². The summed E-state index contributed by atoms with van der Waals surface area (Å²) in [6, 6.07) is 13.8. The van der Waals surface area contributed by atoms with Gasteiger partial charge in [-0.3, -0.25) is 4.79 Å². The zero-order chi connectivity index (χ0) is 20.1. The molecule has 1 aliphatic rings. The summed E-state index contributed by atoms with van der Waals surface area (Å²) in [6.07, 6.45) is 1.65. The molecule has 0 saturated carbocycles. The number of morpholine rings is 1. The van der Waals surface area contributed by atoms with Crippen LogP contribution < -0.4 is 10.2 Å². The van der Waals surface area contributed by atoms with Gasteiger partial charge in [-0.2, -0.15) is 5.26 Å². The van der Waals surface area contributed by atoms with E-state index in [0.29, 0.717) is 0 Å². The third-order valence-electron chi connectivity index (χ3n) is 5.15. The van der Waals surface area contributed by atoms with Gasteiger partial charge in [0.1, 0.15) is 11.6 Å². The highest BCUT2D eigenvalue weighted by Crippen LogP contribution is 2.23. The van der Waals surface area contributed by atoms with Gasteiger partial charge in [0.25, 0.3) is 5.91 Å². The van der Waals surface area contributed by atoms with Crippen LogP contribution in [0.3, 0.4) is 0 Å². The maximum Gasteiger partial charge on any atom is 0.266 e. The second-order valence-corrected chi connectivity index (χ2v) is 7.01. The van der Waals surface area contributed by atoms with Gasteiger partial charge in [0, 0.05) is 24.5 Å². The molecule has 5 heteroatoms. The lowest BCUT2D eigenvalue weighted by molar-refractivity contribution is -0.112. The summed E-state index contributed by atoms with van der Waals surface area (Å²) >= 11 is 0. The molecule has 1 saturated heterocycles. The molecule has 0 unspecified atom stereocenters. The lowest BCUT2D eigenvalue weighted by Gasteiger charge is -2.29. The van der Waals surface area contributed by atoms with Crippen molar-refractivity contribution in [3.8, 4) is 6.07 Å². The van der Waals surface area contributed by atoms with Gasteiger partial charge in [-0.1, -0.05) is 18.2 Å². The molecular formula is C23H25N3O2. The van der Waals surface area contributed by atoms with Gasteiger partial charge >= 0.3 is 0 Å². The van der Waals surface area contributed by atoms with Crippen LogP contribution in [0.4, 0.5) is 11.4 Å². The topological polar surface area (TPSA) is 65.4 Å². The third-order valence-corrected chi connectivity index (χ3v) is 5.15. The van der Waals surface area contributed by atoms with E-state index in [1.807, 2.05) is 57.2 Å². The van der Waals surface area contributed by atoms with Crippen molar-refractivity contribution in [3.63, 3.8) is 0 Å². The van der Waals surface area contributed by atoms with Crippen LogP contribution in [-0.4, -0.2) is 32.2 Å². The summed E-state index contributed by atoms with van der Waals surface area (Å²) in [7, 11) is 0. The fraction of sp³-hybridized carbons (Fsp3) is 0.304. The summed E-state index contributed by atoms with van der Waals surface area (Å²) < 4.78 is 5.40. The minimum absolute atomic E-state index is 0.0862. The molecule has 1 amide bonds. The van der Waals surface area contributed by atoms with E-state index in [9.17, 15) is 10.1 Å². The Morgan fingerprint density at radius 3 is 2.57 bits per heavy atom. The van der Waals surface area contributed by atoms with Gasteiger partial charge in [0.05, 0.1) is 13.2 Å². The zero-order valence-electron chi connectivity index (χ0n) is 16.6. The maximum atomic E-state index is 12.6. The Balaban J connectivity index is 1.80. The van der Waals surface area contributed by atoms with E-state index in [-0.39, 0.29) is 5.57 Å². The zero-order valence-corrected chi connectivity index (χ0v) is 16.6. The Morgan fingerprint density at radius 2 is 1.89 bits per heavy atom. The first-order valence-electron chi connectivity index (χ1n) is 9.42. The van der Waals surface area contributed by atoms with E-state index in [2.05, 4.69) is 16.3 Å². The highest BCUT2D eigenvalue weighted by Gasteiger charge is 2.14. The molecule has 1 heterocycles. The Morgan fingerprint density at radius 1 is 1.14 bits per heavy atom. The molecule has 0 aromatic heterocycles. The molecule has 28 heavy (non-hydrogen) atoms. The standard InChI is InChI=1S/C23H25N3O2/c1-16-5-4-6-22(18(16)3)25-23(27)20(15-24)14-19-7-8-21(13-17(19)2)26-9-11-28-12-10-26/h4-8,13-14H,9-12H2,1-3H3,(H,25,27)/b20-14-. The summed E-state index contributed by atoms with van der Waals surface area (Å²) in [4.78, 5) is 14.9. The smallest absolute Gasteiger partial charge is 0.266 e. The summed E-state index contributed by atoms with van der Waals surface area (Å²) in [5.74, 6) is -0.396. The van der Waals surface area contributed by atoms with Crippen molar-refractivity contribution in [2.45, 2.75) is 20.8 Å². The van der Waals surface area contributed by atoms with E-state index in [1.54, 1.807) is 6.08 Å². The third kappa shape index (κ3) is 4.41. The molecule has 0 bridgehead atoms. The molecule has 0 atom stereocenters. The number of aryl methyl sites for hydroxylation is 2. The van der Waals surface area contributed by atoms with Crippen molar-refractivity contribution in [3.05, 3.63) is 64.2 Å². The van der Waals surface area contributed by atoms with Crippen molar-refractivity contribution in [2.75, 3.05) is 36.5 Å². The quantitative estimate of drug-likeness (QED) is 0.648. The lowest BCUT2D eigenvalue weighted by atomic mass is 10.0. The fourth-order valence-corrected chi connectivity index (χ4v) is 3.22. The van der Waals surface area contributed by atoms with Crippen molar-refractivity contribution in [1.82, 2.24) is 0 Å². The number of carbonyl (C=O) groups excluding carboxylic acids is 1. The number of nitrogens with zero attached hydrogens (tertiary/aromatic N) is 2. The van der Waals surface area contributed by atoms with Gasteiger partial charge in [-0.15, -0.1) is 0 Å². The number of benzene rings is 2. The van der Waals surface area contributed by atoms with E-state index in [0.717, 1.165) is 59.9 Å². The number of hydrogen-bond acceptors (Lipinski definition) is 4. The van der Waals surface area contributed by atoms with Gasteiger partial charge in [-0.05, 0) is 67.3 Å². The van der Waals surface area contributed by atoms with E-state index >= 15 is 0 Å². The maximum absolute atomic E-state index is 12.6. The van der Waals surface area contributed by atoms with Crippen LogP contribution in [0, 0.1) is 32.1 Å². The fourth-order valence-electron chi connectivity index (χ4n) is 3.22. The van der Waals surface area contributed by atoms with Gasteiger partial charge in [0.15, 0.2) is 0 Å². The summed E-state index contributed by atoms with van der Waals surface area (Å²) in [5, 5.41) is 12.4. The minimum atomic E-state index is -0.396. The van der Waals surface area contributed by atoms with Crippen molar-refractivity contribution in [2.24, 2.45) is 0 Å².